The molecule has 2 unspecified atom stereocenters. The lowest BCUT2D eigenvalue weighted by Gasteiger charge is -2.38. The molecular formula is C11H17F3N2O2. The van der Waals surface area contributed by atoms with Gasteiger partial charge in [0.1, 0.15) is 6.04 Å². The highest BCUT2D eigenvalue weighted by Gasteiger charge is 2.40. The van der Waals surface area contributed by atoms with Crippen LogP contribution in [-0.4, -0.2) is 41.5 Å². The van der Waals surface area contributed by atoms with Gasteiger partial charge in [0.2, 0.25) is 11.8 Å². The topological polar surface area (TPSA) is 49.4 Å². The molecule has 1 saturated heterocycles. The number of nitrogens with zero attached hydrogens (tertiary/aromatic N) is 1. The van der Waals surface area contributed by atoms with E-state index < -0.39 is 36.5 Å². The normalized spacial score (nSPS) is 23.3. The molecule has 0 radical (unpaired) electrons. The fourth-order valence-corrected chi connectivity index (χ4v) is 1.96. The maximum atomic E-state index is 12.3. The molecule has 1 fully saturated rings. The van der Waals surface area contributed by atoms with Crippen molar-refractivity contribution in [2.45, 2.75) is 45.5 Å². The van der Waals surface area contributed by atoms with Gasteiger partial charge in [0.15, 0.2) is 0 Å². The lowest BCUT2D eigenvalue weighted by molar-refractivity contribution is -0.161. The number of halogens is 3. The van der Waals surface area contributed by atoms with Crippen LogP contribution in [0.4, 0.5) is 13.2 Å². The Hall–Kier alpha value is -1.27. The number of amides is 2. The number of nitrogens with one attached hydrogen (secondary N) is 1. The largest absolute Gasteiger partial charge is 0.391 e. The van der Waals surface area contributed by atoms with Gasteiger partial charge in [0.25, 0.3) is 0 Å². The summed E-state index contributed by atoms with van der Waals surface area (Å²) in [6.45, 7) is 4.47. The van der Waals surface area contributed by atoms with Crippen molar-refractivity contribution >= 4 is 11.8 Å². The zero-order chi connectivity index (χ0) is 14.1. The molecule has 0 aromatic rings. The summed E-state index contributed by atoms with van der Waals surface area (Å²) in [4.78, 5) is 24.4. The van der Waals surface area contributed by atoms with E-state index >= 15 is 0 Å². The Kier molecular flexibility index (Phi) is 4.24. The highest BCUT2D eigenvalue weighted by atomic mass is 19.4. The summed E-state index contributed by atoms with van der Waals surface area (Å²) in [5.74, 6) is -1.01. The van der Waals surface area contributed by atoms with Gasteiger partial charge in [-0.15, -0.1) is 0 Å². The zero-order valence-electron chi connectivity index (χ0n) is 10.5. The summed E-state index contributed by atoms with van der Waals surface area (Å²) in [6, 6.07) is -1.76. The summed E-state index contributed by atoms with van der Waals surface area (Å²) in [7, 11) is 0. The van der Waals surface area contributed by atoms with Gasteiger partial charge in [0, 0.05) is 6.04 Å². The van der Waals surface area contributed by atoms with Crippen LogP contribution in [0.1, 0.15) is 27.2 Å². The maximum Gasteiger partial charge on any atom is 0.391 e. The predicted octanol–water partition coefficient (Wildman–Crippen LogP) is 1.31. The van der Waals surface area contributed by atoms with E-state index in [0.29, 0.717) is 0 Å². The summed E-state index contributed by atoms with van der Waals surface area (Å²) < 4.78 is 36.9. The van der Waals surface area contributed by atoms with E-state index in [1.807, 2.05) is 0 Å². The smallest absolute Gasteiger partial charge is 0.343 e. The Morgan fingerprint density at radius 1 is 1.33 bits per heavy atom. The van der Waals surface area contributed by atoms with Crippen molar-refractivity contribution in [2.75, 3.05) is 6.54 Å². The van der Waals surface area contributed by atoms with E-state index in [-0.39, 0.29) is 12.5 Å². The van der Waals surface area contributed by atoms with Crippen molar-refractivity contribution in [1.29, 1.82) is 0 Å². The second kappa shape index (κ2) is 5.16. The molecule has 0 bridgehead atoms. The average Bonchev–Trinajstić information content (AvgIpc) is 2.17. The Bertz CT molecular complexity index is 342. The molecule has 18 heavy (non-hydrogen) atoms. The summed E-state index contributed by atoms with van der Waals surface area (Å²) in [6.07, 6.45) is -5.45. The van der Waals surface area contributed by atoms with Gasteiger partial charge in [-0.05, 0) is 12.8 Å². The van der Waals surface area contributed by atoms with Crippen LogP contribution in [0.5, 0.6) is 0 Å². The molecule has 1 N–H and O–H groups in total. The number of carbonyl (C=O) groups is 2. The zero-order valence-corrected chi connectivity index (χ0v) is 10.5. The molecule has 1 aliphatic rings. The highest BCUT2D eigenvalue weighted by molar-refractivity contribution is 5.95. The second-order valence-corrected chi connectivity index (χ2v) is 4.92. The molecule has 2 amide bonds. The number of rotatable bonds is 3. The third-order valence-electron chi connectivity index (χ3n) is 2.91. The monoisotopic (exact) mass is 266 g/mol. The molecule has 0 saturated carbocycles. The van der Waals surface area contributed by atoms with E-state index in [2.05, 4.69) is 5.32 Å². The van der Waals surface area contributed by atoms with Gasteiger partial charge in [-0.3, -0.25) is 9.59 Å². The van der Waals surface area contributed by atoms with E-state index in [1.165, 1.54) is 6.92 Å². The molecule has 0 aromatic carbocycles. The molecule has 1 heterocycles. The van der Waals surface area contributed by atoms with Crippen molar-refractivity contribution in [3.05, 3.63) is 0 Å². The van der Waals surface area contributed by atoms with Crippen LogP contribution in [0.3, 0.4) is 0 Å². The number of piperazine rings is 1. The number of alkyl halides is 3. The summed E-state index contributed by atoms with van der Waals surface area (Å²) in [5, 5.41) is 2.50. The van der Waals surface area contributed by atoms with Crippen molar-refractivity contribution in [2.24, 2.45) is 5.92 Å². The number of hydrogen-bond donors (Lipinski definition) is 1. The lowest BCUT2D eigenvalue weighted by Crippen LogP contribution is -2.62. The maximum absolute atomic E-state index is 12.3. The van der Waals surface area contributed by atoms with Crippen molar-refractivity contribution < 1.29 is 22.8 Å². The van der Waals surface area contributed by atoms with Crippen LogP contribution in [0.15, 0.2) is 0 Å². The first-order chi connectivity index (χ1) is 8.11. The molecule has 7 heteroatoms. The first-order valence-corrected chi connectivity index (χ1v) is 5.78. The predicted molar refractivity (Wildman–Crippen MR) is 58.6 cm³/mol. The highest BCUT2D eigenvalue weighted by Crippen LogP contribution is 2.25. The lowest BCUT2D eigenvalue weighted by atomic mass is 9.99. The van der Waals surface area contributed by atoms with Crippen LogP contribution in [0.2, 0.25) is 0 Å². The summed E-state index contributed by atoms with van der Waals surface area (Å²) >= 11 is 0. The molecule has 1 rings (SSSR count). The Morgan fingerprint density at radius 3 is 2.33 bits per heavy atom. The molecular weight excluding hydrogens is 249 g/mol. The van der Waals surface area contributed by atoms with E-state index in [4.69, 9.17) is 0 Å². The first kappa shape index (κ1) is 14.8. The van der Waals surface area contributed by atoms with Crippen LogP contribution in [-0.2, 0) is 9.59 Å². The van der Waals surface area contributed by atoms with E-state index in [9.17, 15) is 22.8 Å². The molecule has 4 nitrogen and oxygen atoms in total. The van der Waals surface area contributed by atoms with Crippen molar-refractivity contribution in [3.8, 4) is 0 Å². The molecule has 0 aliphatic carbocycles. The molecule has 104 valence electrons. The van der Waals surface area contributed by atoms with Gasteiger partial charge in [-0.25, -0.2) is 0 Å². The van der Waals surface area contributed by atoms with E-state index in [1.54, 1.807) is 13.8 Å². The van der Waals surface area contributed by atoms with Crippen molar-refractivity contribution in [3.63, 3.8) is 0 Å². The minimum atomic E-state index is -4.35. The molecule has 2 atom stereocenters. The molecule has 1 aliphatic heterocycles. The molecule has 0 spiro atoms. The van der Waals surface area contributed by atoms with Crippen LogP contribution >= 0.6 is 0 Å². The Morgan fingerprint density at radius 2 is 1.89 bits per heavy atom. The quantitative estimate of drug-likeness (QED) is 0.837. The SMILES string of the molecule is CC(C)C1NC(=O)CN(C(C)CC(F)(F)F)C1=O. The Balaban J connectivity index is 2.80. The fraction of sp³-hybridized carbons (Fsp3) is 0.818. The van der Waals surface area contributed by atoms with Crippen LogP contribution in [0.25, 0.3) is 0 Å². The minimum Gasteiger partial charge on any atom is -0.343 e. The third-order valence-corrected chi connectivity index (χ3v) is 2.91. The number of carbonyl (C=O) groups excluding carboxylic acids is 2. The van der Waals surface area contributed by atoms with Crippen LogP contribution in [0, 0.1) is 5.92 Å². The van der Waals surface area contributed by atoms with Crippen molar-refractivity contribution in [1.82, 2.24) is 10.2 Å². The minimum absolute atomic E-state index is 0.151. The van der Waals surface area contributed by atoms with Crippen LogP contribution < -0.4 is 5.32 Å². The second-order valence-electron chi connectivity index (χ2n) is 4.92. The van der Waals surface area contributed by atoms with Gasteiger partial charge < -0.3 is 10.2 Å². The van der Waals surface area contributed by atoms with Gasteiger partial charge in [0.05, 0.1) is 13.0 Å². The van der Waals surface area contributed by atoms with E-state index in [0.717, 1.165) is 4.90 Å². The van der Waals surface area contributed by atoms with Gasteiger partial charge >= 0.3 is 6.18 Å². The first-order valence-electron chi connectivity index (χ1n) is 5.78. The van der Waals surface area contributed by atoms with Gasteiger partial charge in [-0.1, -0.05) is 13.8 Å². The fourth-order valence-electron chi connectivity index (χ4n) is 1.96. The molecule has 0 aromatic heterocycles. The van der Waals surface area contributed by atoms with Gasteiger partial charge in [-0.2, -0.15) is 13.2 Å². The Labute approximate surface area is 104 Å². The standard InChI is InChI=1S/C11H17F3N2O2/c1-6(2)9-10(18)16(5-8(17)15-9)7(3)4-11(12,13)14/h6-7,9H,4-5H2,1-3H3,(H,15,17). The summed E-state index contributed by atoms with van der Waals surface area (Å²) in [5.41, 5.74) is 0. The third kappa shape index (κ3) is 3.61. The average molecular weight is 266 g/mol. The number of hydrogen-bond acceptors (Lipinski definition) is 2.